The number of benzene rings is 1. The van der Waals surface area contributed by atoms with Crippen molar-refractivity contribution >= 4 is 33.0 Å². The van der Waals surface area contributed by atoms with Crippen molar-refractivity contribution in [1.82, 2.24) is 24.8 Å². The van der Waals surface area contributed by atoms with Crippen LogP contribution >= 0.6 is 15.9 Å². The van der Waals surface area contributed by atoms with Crippen LogP contribution in [0.3, 0.4) is 0 Å². The fourth-order valence-electron chi connectivity index (χ4n) is 2.02. The summed E-state index contributed by atoms with van der Waals surface area (Å²) in [6, 6.07) is 3.91. The summed E-state index contributed by atoms with van der Waals surface area (Å²) in [4.78, 5) is 12.0. The second kappa shape index (κ2) is 7.86. The molecular formula is C12H10BrFN6O5S. The maximum Gasteiger partial charge on any atom is 0.446 e. The Bertz CT molecular complexity index is 1000. The lowest BCUT2D eigenvalue weighted by Crippen LogP contribution is -2.24. The van der Waals surface area contributed by atoms with E-state index < -0.39 is 22.8 Å². The molecule has 0 saturated heterocycles. The van der Waals surface area contributed by atoms with Gasteiger partial charge in [-0.05, 0) is 44.4 Å². The highest BCUT2D eigenvalue weighted by Crippen LogP contribution is 2.25. The second-order valence-corrected chi connectivity index (χ2v) is 6.38. The van der Waals surface area contributed by atoms with Crippen LogP contribution in [0.5, 0.6) is 0 Å². The van der Waals surface area contributed by atoms with Gasteiger partial charge >= 0.3 is 5.76 Å². The van der Waals surface area contributed by atoms with Crippen LogP contribution < -0.4 is 15.8 Å². The zero-order valence-corrected chi connectivity index (χ0v) is 15.1. The molecule has 0 spiro atoms. The lowest BCUT2D eigenvalue weighted by Gasteiger charge is -2.05. The van der Waals surface area contributed by atoms with E-state index >= 15 is 0 Å². The van der Waals surface area contributed by atoms with Crippen molar-refractivity contribution in [3.8, 4) is 17.2 Å². The van der Waals surface area contributed by atoms with Crippen LogP contribution in [-0.4, -0.2) is 41.9 Å². The van der Waals surface area contributed by atoms with Crippen molar-refractivity contribution in [3.63, 3.8) is 0 Å². The van der Waals surface area contributed by atoms with E-state index in [4.69, 9.17) is 4.55 Å². The molecule has 0 aliphatic rings. The smallest absolute Gasteiger partial charge is 0.364 e. The van der Waals surface area contributed by atoms with Gasteiger partial charge in [0, 0.05) is 13.1 Å². The van der Waals surface area contributed by atoms with E-state index in [0.717, 1.165) is 4.57 Å². The fraction of sp³-hybridized carbons (Fsp3) is 0.167. The van der Waals surface area contributed by atoms with Crippen LogP contribution in [0.4, 0.5) is 10.2 Å². The molecule has 0 saturated carbocycles. The molecule has 3 aromatic rings. The van der Waals surface area contributed by atoms with Crippen LogP contribution in [0.2, 0.25) is 0 Å². The first kappa shape index (κ1) is 18.4. The molecule has 0 aliphatic carbocycles. The Morgan fingerprint density at radius 3 is 2.85 bits per heavy atom. The third kappa shape index (κ3) is 3.87. The molecule has 11 nitrogen and oxygen atoms in total. The molecule has 0 fully saturated rings. The van der Waals surface area contributed by atoms with E-state index in [2.05, 4.69) is 50.6 Å². The van der Waals surface area contributed by atoms with Crippen molar-refractivity contribution in [1.29, 1.82) is 0 Å². The molecule has 14 heteroatoms. The normalized spacial score (nSPS) is 12.3. The van der Waals surface area contributed by atoms with Gasteiger partial charge in [-0.3, -0.25) is 9.08 Å². The molecule has 26 heavy (non-hydrogen) atoms. The third-order valence-electron chi connectivity index (χ3n) is 3.11. The molecule has 1 aromatic carbocycles. The molecular weight excluding hydrogens is 439 g/mol. The Morgan fingerprint density at radius 1 is 1.31 bits per heavy atom. The number of rotatable bonds is 7. The zero-order valence-electron chi connectivity index (χ0n) is 12.7. The van der Waals surface area contributed by atoms with Gasteiger partial charge in [0.2, 0.25) is 22.9 Å². The maximum atomic E-state index is 13.4. The molecule has 3 rings (SSSR count). The highest BCUT2D eigenvalue weighted by Gasteiger charge is 2.23. The van der Waals surface area contributed by atoms with Gasteiger partial charge in [-0.25, -0.2) is 27.3 Å². The average Bonchev–Trinajstić information content (AvgIpc) is 3.20. The summed E-state index contributed by atoms with van der Waals surface area (Å²) in [6.45, 7) is 0.351. The minimum absolute atomic E-state index is 0.0176. The lowest BCUT2D eigenvalue weighted by molar-refractivity contribution is 0.309. The van der Waals surface area contributed by atoms with E-state index in [1.165, 1.54) is 18.2 Å². The summed E-state index contributed by atoms with van der Waals surface area (Å²) in [7, 11) is 0. The van der Waals surface area contributed by atoms with E-state index in [1.807, 2.05) is 0 Å². The number of anilines is 1. The number of halogens is 2. The van der Waals surface area contributed by atoms with Crippen molar-refractivity contribution < 1.29 is 22.3 Å². The number of aromatic nitrogens is 4. The predicted molar refractivity (Wildman–Crippen MR) is 90.3 cm³/mol. The lowest BCUT2D eigenvalue weighted by atomic mass is 10.3. The van der Waals surface area contributed by atoms with Crippen LogP contribution in [0.1, 0.15) is 0 Å². The number of nitrogens with one attached hydrogen (secondary N) is 2. The summed E-state index contributed by atoms with van der Waals surface area (Å²) < 4.78 is 45.5. The summed E-state index contributed by atoms with van der Waals surface area (Å²) in [5, 5.41) is 13.8. The second-order valence-electron chi connectivity index (χ2n) is 4.74. The summed E-state index contributed by atoms with van der Waals surface area (Å²) in [5.41, 5.74) is 0.354. The van der Waals surface area contributed by atoms with E-state index in [1.54, 1.807) is 0 Å². The highest BCUT2D eigenvalue weighted by atomic mass is 79.9. The maximum absolute atomic E-state index is 13.4. The number of hydrogen-bond acceptors (Lipinski definition) is 8. The molecule has 0 amide bonds. The van der Waals surface area contributed by atoms with Crippen LogP contribution in [0, 0.1) is 5.82 Å². The van der Waals surface area contributed by atoms with Crippen molar-refractivity contribution in [2.75, 3.05) is 18.4 Å². The van der Waals surface area contributed by atoms with Gasteiger partial charge in [0.25, 0.3) is 0 Å². The average molecular weight is 449 g/mol. The first-order valence-corrected chi connectivity index (χ1v) is 8.82. The van der Waals surface area contributed by atoms with Gasteiger partial charge in [-0.15, -0.1) is 0 Å². The number of hydrogen-bond donors (Lipinski definition) is 3. The summed E-state index contributed by atoms with van der Waals surface area (Å²) >= 11 is 0.903. The van der Waals surface area contributed by atoms with Gasteiger partial charge in [-0.2, -0.15) is 0 Å². The Kier molecular flexibility index (Phi) is 5.55. The minimum Gasteiger partial charge on any atom is -0.364 e. The topological polar surface area (TPSA) is 148 Å². The largest absolute Gasteiger partial charge is 0.446 e. The van der Waals surface area contributed by atoms with E-state index in [-0.39, 0.29) is 40.6 Å². The molecule has 1 atom stereocenters. The Balaban J connectivity index is 1.92. The van der Waals surface area contributed by atoms with Crippen LogP contribution in [0.15, 0.2) is 36.6 Å². The van der Waals surface area contributed by atoms with Gasteiger partial charge in [-0.1, -0.05) is 5.16 Å². The molecule has 3 N–H and O–H groups in total. The first-order chi connectivity index (χ1) is 12.5. The van der Waals surface area contributed by atoms with Gasteiger partial charge in [0.15, 0.2) is 5.69 Å². The molecule has 138 valence electrons. The standard InChI is InChI=1S/C12H10BrFN6O5S/c13-7-5-6(1-2-8(7)14)20-11(19-24-12(20)21)9-10(18-25-17-9)15-3-4-16-26(22)23/h1-2,5,16H,3-4H2,(H,15,18)(H,22,23). The Labute approximate surface area is 155 Å². The zero-order chi connectivity index (χ0) is 18.7. The monoisotopic (exact) mass is 448 g/mol. The van der Waals surface area contributed by atoms with E-state index in [0.29, 0.717) is 0 Å². The molecule has 0 radical (unpaired) electrons. The van der Waals surface area contributed by atoms with Gasteiger partial charge in [0.05, 0.1) is 10.2 Å². The quantitative estimate of drug-likeness (QED) is 0.354. The Morgan fingerprint density at radius 2 is 2.12 bits per heavy atom. The minimum atomic E-state index is -2.14. The predicted octanol–water partition coefficient (Wildman–Crippen LogP) is 0.915. The number of nitrogens with zero attached hydrogens (tertiary/aromatic N) is 4. The van der Waals surface area contributed by atoms with Gasteiger partial charge < -0.3 is 5.32 Å². The SMILES string of the molecule is O=c1onc(-c2nonc2NCCNS(=O)O)n1-c1ccc(F)c(Br)c1. The fourth-order valence-corrected chi connectivity index (χ4v) is 2.67. The van der Waals surface area contributed by atoms with Crippen LogP contribution in [-0.2, 0) is 11.3 Å². The van der Waals surface area contributed by atoms with Crippen molar-refractivity contribution in [2.24, 2.45) is 0 Å². The van der Waals surface area contributed by atoms with Gasteiger partial charge in [0.1, 0.15) is 5.82 Å². The third-order valence-corrected chi connectivity index (χ3v) is 4.17. The summed E-state index contributed by atoms with van der Waals surface area (Å²) in [6.07, 6.45) is 0. The molecule has 2 aromatic heterocycles. The molecule has 1 unspecified atom stereocenters. The van der Waals surface area contributed by atoms with Crippen molar-refractivity contribution in [3.05, 3.63) is 39.0 Å². The highest BCUT2D eigenvalue weighted by molar-refractivity contribution is 9.10. The molecule has 0 aliphatic heterocycles. The Hall–Kier alpha value is -2.42. The molecule has 2 heterocycles. The van der Waals surface area contributed by atoms with E-state index in [9.17, 15) is 13.4 Å². The van der Waals surface area contributed by atoms with Crippen LogP contribution in [0.25, 0.3) is 17.2 Å². The molecule has 0 bridgehead atoms. The van der Waals surface area contributed by atoms with Crippen molar-refractivity contribution in [2.45, 2.75) is 0 Å². The summed E-state index contributed by atoms with van der Waals surface area (Å²) in [5.74, 6) is -1.20. The first-order valence-electron chi connectivity index (χ1n) is 6.92.